The zero-order valence-corrected chi connectivity index (χ0v) is 22.5. The van der Waals surface area contributed by atoms with Crippen LogP contribution in [0.25, 0.3) is 6.08 Å². The second kappa shape index (κ2) is 11.2. The second-order valence-electron chi connectivity index (χ2n) is 7.38. The van der Waals surface area contributed by atoms with Gasteiger partial charge in [-0.25, -0.2) is 0 Å². The summed E-state index contributed by atoms with van der Waals surface area (Å²) in [5.41, 5.74) is 2.36. The topological polar surface area (TPSA) is 57.2 Å². The number of methoxy groups -OCH3 is 3. The molecule has 9 heteroatoms. The summed E-state index contributed by atoms with van der Waals surface area (Å²) in [6.45, 7) is 0.407. The number of carbonyl (C=O) groups excluding carboxylic acids is 1. The first-order valence-electron chi connectivity index (χ1n) is 10.5. The van der Waals surface area contributed by atoms with Crippen molar-refractivity contribution in [1.29, 1.82) is 0 Å². The average Bonchev–Trinajstić information content (AvgIpc) is 3.15. The van der Waals surface area contributed by atoms with Crippen LogP contribution in [0.2, 0.25) is 0 Å². The minimum atomic E-state index is -0.235. The first-order chi connectivity index (χ1) is 16.9. The Kier molecular flexibility index (Phi) is 8.00. The van der Waals surface area contributed by atoms with Crippen molar-refractivity contribution in [3.05, 3.63) is 81.2 Å². The Balaban J connectivity index is 1.56. The van der Waals surface area contributed by atoms with Crippen molar-refractivity contribution in [3.63, 3.8) is 0 Å². The number of ether oxygens (including phenoxy) is 4. The van der Waals surface area contributed by atoms with Crippen LogP contribution in [-0.4, -0.2) is 31.6 Å². The number of carbonyl (C=O) groups is 1. The van der Waals surface area contributed by atoms with E-state index >= 15 is 0 Å². The van der Waals surface area contributed by atoms with Gasteiger partial charge < -0.3 is 18.9 Å². The van der Waals surface area contributed by atoms with E-state index in [0.717, 1.165) is 15.6 Å². The number of anilines is 1. The maximum atomic E-state index is 13.3. The highest BCUT2D eigenvalue weighted by atomic mass is 79.9. The number of nitrogens with zero attached hydrogens (tertiary/aromatic N) is 1. The molecule has 0 bridgehead atoms. The van der Waals surface area contributed by atoms with Gasteiger partial charge in [0.25, 0.3) is 5.91 Å². The summed E-state index contributed by atoms with van der Waals surface area (Å²) >= 11 is 10.2. The van der Waals surface area contributed by atoms with E-state index in [-0.39, 0.29) is 5.91 Å². The minimum Gasteiger partial charge on any atom is -0.497 e. The molecule has 0 aromatic heterocycles. The second-order valence-corrected chi connectivity index (χ2v) is 9.97. The Bertz CT molecular complexity index is 1290. The third kappa shape index (κ3) is 5.63. The third-order valence-corrected chi connectivity index (χ3v) is 7.04. The van der Waals surface area contributed by atoms with Crippen LogP contribution in [0.3, 0.4) is 0 Å². The van der Waals surface area contributed by atoms with Crippen LogP contribution in [0, 0.1) is 0 Å². The lowest BCUT2D eigenvalue weighted by Gasteiger charge is -2.18. The molecule has 1 aliphatic rings. The SMILES string of the molecule is COc1ccc(OC)c(N2C(=O)/C(=C/c3ccc(OCc4ccc(Br)cc4)c(OC)c3)SC2=S)c1. The van der Waals surface area contributed by atoms with Crippen molar-refractivity contribution in [1.82, 2.24) is 0 Å². The fourth-order valence-electron chi connectivity index (χ4n) is 3.43. The highest BCUT2D eigenvalue weighted by molar-refractivity contribution is 9.10. The van der Waals surface area contributed by atoms with Crippen molar-refractivity contribution in [2.45, 2.75) is 6.61 Å². The van der Waals surface area contributed by atoms with E-state index in [2.05, 4.69) is 15.9 Å². The third-order valence-electron chi connectivity index (χ3n) is 5.21. The molecule has 0 spiro atoms. The molecule has 1 saturated heterocycles. The fourth-order valence-corrected chi connectivity index (χ4v) is 4.98. The zero-order valence-electron chi connectivity index (χ0n) is 19.2. The van der Waals surface area contributed by atoms with Crippen LogP contribution < -0.4 is 23.8 Å². The Hall–Kier alpha value is -3.01. The summed E-state index contributed by atoms with van der Waals surface area (Å²) in [4.78, 5) is 15.2. The molecule has 1 aliphatic heterocycles. The quantitative estimate of drug-likeness (QED) is 0.227. The van der Waals surface area contributed by atoms with E-state index < -0.39 is 0 Å². The van der Waals surface area contributed by atoms with Crippen LogP contribution in [0.15, 0.2) is 70.0 Å². The Morgan fingerprint density at radius 3 is 2.31 bits per heavy atom. The maximum absolute atomic E-state index is 13.3. The molecule has 0 aliphatic carbocycles. The lowest BCUT2D eigenvalue weighted by molar-refractivity contribution is -0.113. The molecule has 4 rings (SSSR count). The van der Waals surface area contributed by atoms with E-state index in [1.807, 2.05) is 42.5 Å². The van der Waals surface area contributed by atoms with Crippen LogP contribution in [-0.2, 0) is 11.4 Å². The van der Waals surface area contributed by atoms with Crippen molar-refractivity contribution in [2.24, 2.45) is 0 Å². The summed E-state index contributed by atoms with van der Waals surface area (Å²) < 4.78 is 23.7. The molecule has 0 unspecified atom stereocenters. The van der Waals surface area contributed by atoms with Gasteiger partial charge in [-0.15, -0.1) is 0 Å². The highest BCUT2D eigenvalue weighted by Crippen LogP contribution is 2.42. The van der Waals surface area contributed by atoms with Gasteiger partial charge in [-0.05, 0) is 53.6 Å². The van der Waals surface area contributed by atoms with Gasteiger partial charge in [-0.1, -0.05) is 58.1 Å². The van der Waals surface area contributed by atoms with Gasteiger partial charge in [0.1, 0.15) is 18.1 Å². The number of rotatable bonds is 8. The minimum absolute atomic E-state index is 0.235. The number of thioether (sulfide) groups is 1. The molecule has 35 heavy (non-hydrogen) atoms. The lowest BCUT2D eigenvalue weighted by Crippen LogP contribution is -2.28. The van der Waals surface area contributed by atoms with E-state index in [4.69, 9.17) is 31.2 Å². The molecule has 1 heterocycles. The summed E-state index contributed by atoms with van der Waals surface area (Å²) in [5.74, 6) is 2.07. The predicted octanol–water partition coefficient (Wildman–Crippen LogP) is 6.46. The largest absolute Gasteiger partial charge is 0.497 e. The van der Waals surface area contributed by atoms with Crippen LogP contribution >= 0.6 is 39.9 Å². The standard InChI is InChI=1S/C26H22BrNO5S2/c1-30-19-9-11-21(31-2)20(14-19)28-25(29)24(35-26(28)34)13-17-6-10-22(23(12-17)32-3)33-15-16-4-7-18(27)8-5-16/h4-14H,15H2,1-3H3/b24-13-. The first kappa shape index (κ1) is 25.1. The van der Waals surface area contributed by atoms with Gasteiger partial charge in [0.05, 0.1) is 31.9 Å². The maximum Gasteiger partial charge on any atom is 0.270 e. The summed E-state index contributed by atoms with van der Waals surface area (Å²) in [5, 5.41) is 0. The molecule has 180 valence electrons. The highest BCUT2D eigenvalue weighted by Gasteiger charge is 2.35. The van der Waals surface area contributed by atoms with Crippen molar-refractivity contribution in [2.75, 3.05) is 26.2 Å². The van der Waals surface area contributed by atoms with E-state index in [1.54, 1.807) is 45.6 Å². The molecule has 0 atom stereocenters. The number of benzene rings is 3. The van der Waals surface area contributed by atoms with Crippen molar-refractivity contribution in [3.8, 4) is 23.0 Å². The van der Waals surface area contributed by atoms with E-state index in [1.165, 1.54) is 16.7 Å². The molecule has 0 saturated carbocycles. The lowest BCUT2D eigenvalue weighted by atomic mass is 10.1. The molecule has 3 aromatic carbocycles. The summed E-state index contributed by atoms with van der Waals surface area (Å²) in [6, 6.07) is 18.7. The number of amides is 1. The summed E-state index contributed by atoms with van der Waals surface area (Å²) in [6.07, 6.45) is 1.78. The Labute approximate surface area is 221 Å². The number of thiocarbonyl (C=S) groups is 1. The summed E-state index contributed by atoms with van der Waals surface area (Å²) in [7, 11) is 4.70. The zero-order chi connectivity index (χ0) is 24.9. The Morgan fingerprint density at radius 1 is 0.914 bits per heavy atom. The molecular weight excluding hydrogens is 550 g/mol. The first-order valence-corrected chi connectivity index (χ1v) is 12.5. The van der Waals surface area contributed by atoms with Crippen molar-refractivity contribution >= 4 is 61.9 Å². The van der Waals surface area contributed by atoms with E-state index in [0.29, 0.717) is 44.5 Å². The van der Waals surface area contributed by atoms with Crippen LogP contribution in [0.5, 0.6) is 23.0 Å². The molecular formula is C26H22BrNO5S2. The van der Waals surface area contributed by atoms with Gasteiger partial charge in [0.2, 0.25) is 0 Å². The van der Waals surface area contributed by atoms with Crippen LogP contribution in [0.1, 0.15) is 11.1 Å². The average molecular weight is 573 g/mol. The molecule has 3 aromatic rings. The number of hydrogen-bond acceptors (Lipinski definition) is 7. The molecule has 1 fully saturated rings. The van der Waals surface area contributed by atoms with Crippen LogP contribution in [0.4, 0.5) is 5.69 Å². The predicted molar refractivity (Wildman–Crippen MR) is 147 cm³/mol. The van der Waals surface area contributed by atoms with Gasteiger partial charge in [0, 0.05) is 10.5 Å². The van der Waals surface area contributed by atoms with E-state index in [9.17, 15) is 4.79 Å². The van der Waals surface area contributed by atoms with Gasteiger partial charge >= 0.3 is 0 Å². The monoisotopic (exact) mass is 571 g/mol. The number of hydrogen-bond donors (Lipinski definition) is 0. The smallest absolute Gasteiger partial charge is 0.270 e. The Morgan fingerprint density at radius 2 is 1.63 bits per heavy atom. The van der Waals surface area contributed by atoms with Gasteiger partial charge in [-0.3, -0.25) is 9.69 Å². The molecule has 1 amide bonds. The number of halogens is 1. The fraction of sp³-hybridized carbons (Fsp3) is 0.154. The van der Waals surface area contributed by atoms with Gasteiger partial charge in [0.15, 0.2) is 15.8 Å². The molecule has 6 nitrogen and oxygen atoms in total. The van der Waals surface area contributed by atoms with Gasteiger partial charge in [-0.2, -0.15) is 0 Å². The normalized spacial score (nSPS) is 14.4. The molecule has 0 N–H and O–H groups in total. The molecule has 0 radical (unpaired) electrons. The van der Waals surface area contributed by atoms with Crippen molar-refractivity contribution < 1.29 is 23.7 Å².